The van der Waals surface area contributed by atoms with Gasteiger partial charge in [-0.3, -0.25) is 14.3 Å². The number of benzene rings is 1. The fourth-order valence-corrected chi connectivity index (χ4v) is 3.52. The molecular formula is C18H22N6O. The van der Waals surface area contributed by atoms with Gasteiger partial charge in [0.1, 0.15) is 11.3 Å². The van der Waals surface area contributed by atoms with Gasteiger partial charge in [0.2, 0.25) is 0 Å². The maximum absolute atomic E-state index is 12.5. The van der Waals surface area contributed by atoms with Crippen molar-refractivity contribution < 1.29 is 0 Å². The molecule has 0 fully saturated rings. The molecule has 1 aliphatic heterocycles. The van der Waals surface area contributed by atoms with E-state index in [4.69, 9.17) is 0 Å². The Bertz CT molecular complexity index is 1000. The van der Waals surface area contributed by atoms with Gasteiger partial charge in [-0.1, -0.05) is 11.3 Å². The van der Waals surface area contributed by atoms with Crippen molar-refractivity contribution >= 4 is 11.0 Å². The largest absolute Gasteiger partial charge is 0.300 e. The number of hydrogen-bond donors (Lipinski definition) is 0. The Hall–Kier alpha value is -2.54. The van der Waals surface area contributed by atoms with Crippen LogP contribution in [0.5, 0.6) is 0 Å². The van der Waals surface area contributed by atoms with Crippen LogP contribution < -0.4 is 5.56 Å². The maximum atomic E-state index is 12.5. The van der Waals surface area contributed by atoms with Gasteiger partial charge in [-0.05, 0) is 31.0 Å². The molecule has 4 rings (SSSR count). The predicted octanol–water partition coefficient (Wildman–Crippen LogP) is 0.971. The SMILES string of the molecule is Cc1nc2c(c(=O)n1C)CCN(Cc1ccc3c(c1)nnn3C)CC2. The molecule has 130 valence electrons. The number of hydrogen-bond acceptors (Lipinski definition) is 5. The van der Waals surface area contributed by atoms with E-state index < -0.39 is 0 Å². The molecule has 25 heavy (non-hydrogen) atoms. The summed E-state index contributed by atoms with van der Waals surface area (Å²) in [6.45, 7) is 4.51. The summed E-state index contributed by atoms with van der Waals surface area (Å²) in [6, 6.07) is 6.30. The number of aryl methyl sites for hydroxylation is 2. The highest BCUT2D eigenvalue weighted by atomic mass is 16.1. The molecule has 0 saturated heterocycles. The number of aromatic nitrogens is 5. The van der Waals surface area contributed by atoms with E-state index in [9.17, 15) is 4.79 Å². The molecule has 0 unspecified atom stereocenters. The first-order valence-corrected chi connectivity index (χ1v) is 8.59. The summed E-state index contributed by atoms with van der Waals surface area (Å²) in [7, 11) is 3.69. The summed E-state index contributed by atoms with van der Waals surface area (Å²) in [5, 5.41) is 8.25. The number of rotatable bonds is 2. The quantitative estimate of drug-likeness (QED) is 0.696. The van der Waals surface area contributed by atoms with Crippen LogP contribution in [-0.4, -0.2) is 42.5 Å². The summed E-state index contributed by atoms with van der Waals surface area (Å²) in [6.07, 6.45) is 1.57. The summed E-state index contributed by atoms with van der Waals surface area (Å²) in [4.78, 5) is 19.5. The molecule has 0 N–H and O–H groups in total. The first-order chi connectivity index (χ1) is 12.0. The van der Waals surface area contributed by atoms with Gasteiger partial charge < -0.3 is 0 Å². The van der Waals surface area contributed by atoms with Crippen LogP contribution in [0.2, 0.25) is 0 Å². The Balaban J connectivity index is 1.55. The van der Waals surface area contributed by atoms with Gasteiger partial charge in [0.05, 0.1) is 11.2 Å². The lowest BCUT2D eigenvalue weighted by Gasteiger charge is -2.19. The Labute approximate surface area is 145 Å². The van der Waals surface area contributed by atoms with Crippen molar-refractivity contribution in [3.8, 4) is 0 Å². The molecule has 0 atom stereocenters. The molecule has 2 aromatic heterocycles. The summed E-state index contributed by atoms with van der Waals surface area (Å²) < 4.78 is 3.43. The predicted molar refractivity (Wildman–Crippen MR) is 95.4 cm³/mol. The second-order valence-corrected chi connectivity index (χ2v) is 6.76. The zero-order valence-electron chi connectivity index (χ0n) is 14.9. The van der Waals surface area contributed by atoms with Gasteiger partial charge in [0, 0.05) is 45.7 Å². The van der Waals surface area contributed by atoms with Gasteiger partial charge in [-0.2, -0.15) is 0 Å². The molecule has 0 aliphatic carbocycles. The lowest BCUT2D eigenvalue weighted by atomic mass is 10.1. The Morgan fingerprint density at radius 1 is 1.16 bits per heavy atom. The highest BCUT2D eigenvalue weighted by molar-refractivity contribution is 5.74. The third-order valence-electron chi connectivity index (χ3n) is 5.12. The molecule has 1 aliphatic rings. The van der Waals surface area contributed by atoms with Crippen molar-refractivity contribution in [2.24, 2.45) is 14.1 Å². The molecule has 3 heterocycles. The van der Waals surface area contributed by atoms with Crippen LogP contribution in [0.15, 0.2) is 23.0 Å². The van der Waals surface area contributed by atoms with E-state index in [0.29, 0.717) is 0 Å². The fraction of sp³-hybridized carbons (Fsp3) is 0.444. The average molecular weight is 338 g/mol. The van der Waals surface area contributed by atoms with E-state index in [2.05, 4.69) is 38.4 Å². The van der Waals surface area contributed by atoms with Crippen molar-refractivity contribution in [2.75, 3.05) is 13.1 Å². The van der Waals surface area contributed by atoms with Crippen LogP contribution in [0, 0.1) is 6.92 Å². The molecule has 0 radical (unpaired) electrons. The fourth-order valence-electron chi connectivity index (χ4n) is 3.52. The lowest BCUT2D eigenvalue weighted by molar-refractivity contribution is 0.279. The smallest absolute Gasteiger partial charge is 0.256 e. The van der Waals surface area contributed by atoms with Crippen LogP contribution in [0.3, 0.4) is 0 Å². The highest BCUT2D eigenvalue weighted by Gasteiger charge is 2.19. The minimum absolute atomic E-state index is 0.102. The van der Waals surface area contributed by atoms with E-state index in [-0.39, 0.29) is 5.56 Å². The van der Waals surface area contributed by atoms with E-state index in [0.717, 1.165) is 60.6 Å². The van der Waals surface area contributed by atoms with Crippen LogP contribution in [0.1, 0.15) is 22.6 Å². The van der Waals surface area contributed by atoms with Crippen LogP contribution in [0.25, 0.3) is 11.0 Å². The minimum atomic E-state index is 0.102. The van der Waals surface area contributed by atoms with E-state index in [1.165, 1.54) is 5.56 Å². The monoisotopic (exact) mass is 338 g/mol. The summed E-state index contributed by atoms with van der Waals surface area (Å²) >= 11 is 0. The molecule has 7 heteroatoms. The van der Waals surface area contributed by atoms with Gasteiger partial charge in [-0.25, -0.2) is 9.67 Å². The van der Waals surface area contributed by atoms with Crippen molar-refractivity contribution in [2.45, 2.75) is 26.3 Å². The third-order valence-corrected chi connectivity index (χ3v) is 5.12. The Kier molecular flexibility index (Phi) is 3.88. The van der Waals surface area contributed by atoms with E-state index >= 15 is 0 Å². The van der Waals surface area contributed by atoms with Crippen LogP contribution >= 0.6 is 0 Å². The second kappa shape index (κ2) is 6.07. The van der Waals surface area contributed by atoms with Crippen LogP contribution in [0.4, 0.5) is 0 Å². The zero-order valence-corrected chi connectivity index (χ0v) is 14.9. The third kappa shape index (κ3) is 2.84. The number of nitrogens with zero attached hydrogens (tertiary/aromatic N) is 6. The normalized spacial score (nSPS) is 15.3. The van der Waals surface area contributed by atoms with E-state index in [1.54, 1.807) is 16.3 Å². The topological polar surface area (TPSA) is 68.8 Å². The molecule has 0 saturated carbocycles. The second-order valence-electron chi connectivity index (χ2n) is 6.76. The first-order valence-electron chi connectivity index (χ1n) is 8.59. The zero-order chi connectivity index (χ0) is 17.6. The Morgan fingerprint density at radius 2 is 1.96 bits per heavy atom. The maximum Gasteiger partial charge on any atom is 0.256 e. The molecule has 3 aromatic rings. The standard InChI is InChI=1S/C18H22N6O/c1-12-19-15-7-9-24(8-6-14(15)18(25)22(12)2)11-13-4-5-17-16(10-13)20-21-23(17)3/h4-5,10H,6-9,11H2,1-3H3. The molecular weight excluding hydrogens is 316 g/mol. The van der Waals surface area contributed by atoms with Crippen molar-refractivity contribution in [1.29, 1.82) is 0 Å². The van der Waals surface area contributed by atoms with Gasteiger partial charge >= 0.3 is 0 Å². The number of fused-ring (bicyclic) bond motifs is 2. The molecule has 0 bridgehead atoms. The van der Waals surface area contributed by atoms with Crippen molar-refractivity contribution in [3.63, 3.8) is 0 Å². The molecule has 0 amide bonds. The van der Waals surface area contributed by atoms with Crippen molar-refractivity contribution in [3.05, 3.63) is 51.2 Å². The minimum Gasteiger partial charge on any atom is -0.300 e. The average Bonchev–Trinajstić information content (AvgIpc) is 2.84. The lowest BCUT2D eigenvalue weighted by Crippen LogP contribution is -2.28. The highest BCUT2D eigenvalue weighted by Crippen LogP contribution is 2.17. The molecule has 1 aromatic carbocycles. The summed E-state index contributed by atoms with van der Waals surface area (Å²) in [5.41, 5.74) is 5.12. The van der Waals surface area contributed by atoms with Gasteiger partial charge in [0.15, 0.2) is 0 Å². The van der Waals surface area contributed by atoms with Crippen LogP contribution in [-0.2, 0) is 33.5 Å². The van der Waals surface area contributed by atoms with Gasteiger partial charge in [0.25, 0.3) is 5.56 Å². The van der Waals surface area contributed by atoms with E-state index in [1.807, 2.05) is 14.0 Å². The summed E-state index contributed by atoms with van der Waals surface area (Å²) in [5.74, 6) is 0.783. The molecule has 7 nitrogen and oxygen atoms in total. The molecule has 0 spiro atoms. The first kappa shape index (κ1) is 16.0. The van der Waals surface area contributed by atoms with Gasteiger partial charge in [-0.15, -0.1) is 5.10 Å². The van der Waals surface area contributed by atoms with Crippen molar-refractivity contribution in [1.82, 2.24) is 29.4 Å². The Morgan fingerprint density at radius 3 is 2.80 bits per heavy atom.